The van der Waals surface area contributed by atoms with Crippen molar-refractivity contribution in [2.24, 2.45) is 5.92 Å². The van der Waals surface area contributed by atoms with Gasteiger partial charge in [-0.3, -0.25) is 4.79 Å². The Kier molecular flexibility index (Phi) is 6.17. The predicted molar refractivity (Wildman–Crippen MR) is 97.7 cm³/mol. The molecule has 0 aromatic heterocycles. The Hall–Kier alpha value is -1.41. The number of allylic oxidation sites excluding steroid dienone is 2. The van der Waals surface area contributed by atoms with Crippen molar-refractivity contribution >= 4 is 5.78 Å². The lowest BCUT2D eigenvalue weighted by Crippen LogP contribution is -2.47. The summed E-state index contributed by atoms with van der Waals surface area (Å²) in [4.78, 5) is 15.5. The number of rotatable bonds is 7. The second-order valence-corrected chi connectivity index (χ2v) is 7.09. The summed E-state index contributed by atoms with van der Waals surface area (Å²) in [5.41, 5.74) is 2.08. The summed E-state index contributed by atoms with van der Waals surface area (Å²) in [6, 6.07) is 10.5. The van der Waals surface area contributed by atoms with E-state index in [1.54, 1.807) is 0 Å². The number of hydrogen-bond acceptors (Lipinski definition) is 2. The zero-order valence-corrected chi connectivity index (χ0v) is 15.1. The van der Waals surface area contributed by atoms with Crippen LogP contribution >= 0.6 is 0 Å². The Labute approximate surface area is 141 Å². The third-order valence-electron chi connectivity index (χ3n) is 5.17. The highest BCUT2D eigenvalue weighted by Crippen LogP contribution is 2.45. The van der Waals surface area contributed by atoms with Crippen LogP contribution in [0.15, 0.2) is 42.0 Å². The summed E-state index contributed by atoms with van der Waals surface area (Å²) in [7, 11) is 4.19. The topological polar surface area (TPSA) is 20.3 Å². The van der Waals surface area contributed by atoms with Crippen LogP contribution < -0.4 is 0 Å². The molecule has 0 bridgehead atoms. The molecule has 0 amide bonds. The fourth-order valence-electron chi connectivity index (χ4n) is 4.26. The lowest BCUT2D eigenvalue weighted by molar-refractivity contribution is -0.125. The number of carbonyl (C=O) groups is 1. The van der Waals surface area contributed by atoms with Gasteiger partial charge in [-0.1, -0.05) is 55.8 Å². The number of nitrogens with zero attached hydrogens (tertiary/aromatic N) is 1. The SMILES string of the molecule is CCC(=O)C(C1=CCCCC1)(c1ccccc1)C(C)CN(C)C. The average Bonchev–Trinajstić information content (AvgIpc) is 2.56. The first-order valence-corrected chi connectivity index (χ1v) is 8.96. The third-order valence-corrected chi connectivity index (χ3v) is 5.17. The normalized spacial score (nSPS) is 19.1. The van der Waals surface area contributed by atoms with E-state index < -0.39 is 5.41 Å². The monoisotopic (exact) mass is 313 g/mol. The van der Waals surface area contributed by atoms with Gasteiger partial charge in [-0.25, -0.2) is 0 Å². The summed E-state index contributed by atoms with van der Waals surface area (Å²) in [5, 5.41) is 0. The summed E-state index contributed by atoms with van der Waals surface area (Å²) in [5.74, 6) is 0.628. The molecule has 126 valence electrons. The van der Waals surface area contributed by atoms with E-state index in [0.29, 0.717) is 12.2 Å². The second-order valence-electron chi connectivity index (χ2n) is 7.09. The summed E-state index contributed by atoms with van der Waals surface area (Å²) in [6.45, 7) is 5.17. The van der Waals surface area contributed by atoms with E-state index in [2.05, 4.69) is 56.3 Å². The zero-order valence-electron chi connectivity index (χ0n) is 15.1. The molecule has 2 heteroatoms. The van der Waals surface area contributed by atoms with Crippen LogP contribution in [0.4, 0.5) is 0 Å². The molecule has 0 fully saturated rings. The van der Waals surface area contributed by atoms with Gasteiger partial charge in [-0.2, -0.15) is 0 Å². The number of Topliss-reactive ketones (excluding diaryl/α,β-unsaturated/α-hetero) is 1. The van der Waals surface area contributed by atoms with Crippen LogP contribution in [0.5, 0.6) is 0 Å². The van der Waals surface area contributed by atoms with Crippen LogP contribution in [0.25, 0.3) is 0 Å². The molecule has 0 radical (unpaired) electrons. The quantitative estimate of drug-likeness (QED) is 0.686. The Morgan fingerprint density at radius 2 is 1.91 bits per heavy atom. The van der Waals surface area contributed by atoms with Crippen molar-refractivity contribution in [3.05, 3.63) is 47.5 Å². The van der Waals surface area contributed by atoms with Crippen molar-refractivity contribution in [3.8, 4) is 0 Å². The fraction of sp³-hybridized carbons (Fsp3) is 0.571. The lowest BCUT2D eigenvalue weighted by Gasteiger charge is -2.43. The van der Waals surface area contributed by atoms with Gasteiger partial charge in [0.1, 0.15) is 5.78 Å². The van der Waals surface area contributed by atoms with Crippen LogP contribution in [0.1, 0.15) is 51.5 Å². The molecule has 2 atom stereocenters. The van der Waals surface area contributed by atoms with E-state index in [-0.39, 0.29) is 5.92 Å². The minimum atomic E-state index is -0.458. The van der Waals surface area contributed by atoms with Gasteiger partial charge < -0.3 is 4.90 Å². The molecule has 2 unspecified atom stereocenters. The van der Waals surface area contributed by atoms with Crippen LogP contribution in [0.3, 0.4) is 0 Å². The number of carbonyl (C=O) groups excluding carboxylic acids is 1. The third kappa shape index (κ3) is 3.58. The minimum Gasteiger partial charge on any atom is -0.309 e. The highest BCUT2D eigenvalue weighted by atomic mass is 16.1. The van der Waals surface area contributed by atoms with Gasteiger partial charge >= 0.3 is 0 Å². The molecule has 2 nitrogen and oxygen atoms in total. The highest BCUT2D eigenvalue weighted by Gasteiger charge is 2.46. The molecular formula is C21H31NO. The van der Waals surface area contributed by atoms with Crippen LogP contribution in [0.2, 0.25) is 0 Å². The van der Waals surface area contributed by atoms with Gasteiger partial charge in [-0.05, 0) is 51.3 Å². The summed E-state index contributed by atoms with van der Waals surface area (Å²) >= 11 is 0. The maximum atomic E-state index is 13.3. The highest BCUT2D eigenvalue weighted by molar-refractivity contribution is 5.94. The molecule has 1 aromatic carbocycles. The van der Waals surface area contributed by atoms with Gasteiger partial charge in [-0.15, -0.1) is 0 Å². The maximum absolute atomic E-state index is 13.3. The van der Waals surface area contributed by atoms with E-state index >= 15 is 0 Å². The maximum Gasteiger partial charge on any atom is 0.147 e. The van der Waals surface area contributed by atoms with E-state index in [1.807, 2.05) is 13.0 Å². The molecule has 0 saturated heterocycles. The van der Waals surface area contributed by atoms with E-state index in [0.717, 1.165) is 19.4 Å². The van der Waals surface area contributed by atoms with E-state index in [9.17, 15) is 4.79 Å². The lowest BCUT2D eigenvalue weighted by atomic mass is 9.60. The molecule has 0 N–H and O–H groups in total. The Morgan fingerprint density at radius 1 is 1.22 bits per heavy atom. The molecule has 0 saturated carbocycles. The Balaban J connectivity index is 2.62. The van der Waals surface area contributed by atoms with Gasteiger partial charge in [0.2, 0.25) is 0 Å². The molecule has 1 aliphatic rings. The van der Waals surface area contributed by atoms with Crippen molar-refractivity contribution < 1.29 is 4.79 Å². The van der Waals surface area contributed by atoms with Crippen LogP contribution in [0, 0.1) is 5.92 Å². The Morgan fingerprint density at radius 3 is 2.43 bits per heavy atom. The van der Waals surface area contributed by atoms with E-state index in [1.165, 1.54) is 24.0 Å². The van der Waals surface area contributed by atoms with Crippen molar-refractivity contribution in [2.75, 3.05) is 20.6 Å². The van der Waals surface area contributed by atoms with Crippen molar-refractivity contribution in [2.45, 2.75) is 51.4 Å². The molecule has 0 aliphatic heterocycles. The number of ketones is 1. The molecule has 0 spiro atoms. The number of hydrogen-bond donors (Lipinski definition) is 0. The van der Waals surface area contributed by atoms with Crippen LogP contribution in [-0.4, -0.2) is 31.3 Å². The van der Waals surface area contributed by atoms with Crippen molar-refractivity contribution in [1.29, 1.82) is 0 Å². The van der Waals surface area contributed by atoms with Gasteiger partial charge in [0.25, 0.3) is 0 Å². The number of benzene rings is 1. The second kappa shape index (κ2) is 7.92. The minimum absolute atomic E-state index is 0.261. The first kappa shape index (κ1) is 17.9. The molecular weight excluding hydrogens is 282 g/mol. The first-order valence-electron chi connectivity index (χ1n) is 8.96. The largest absolute Gasteiger partial charge is 0.309 e. The summed E-state index contributed by atoms with van der Waals surface area (Å²) in [6.07, 6.45) is 7.55. The smallest absolute Gasteiger partial charge is 0.147 e. The molecule has 0 heterocycles. The van der Waals surface area contributed by atoms with Crippen LogP contribution in [-0.2, 0) is 10.2 Å². The van der Waals surface area contributed by atoms with Gasteiger partial charge in [0.15, 0.2) is 0 Å². The molecule has 2 rings (SSSR count). The molecule has 23 heavy (non-hydrogen) atoms. The predicted octanol–water partition coefficient (Wildman–Crippen LogP) is 4.60. The summed E-state index contributed by atoms with van der Waals surface area (Å²) < 4.78 is 0. The van der Waals surface area contributed by atoms with Crippen molar-refractivity contribution in [3.63, 3.8) is 0 Å². The van der Waals surface area contributed by atoms with Gasteiger partial charge in [0, 0.05) is 13.0 Å². The standard InChI is InChI=1S/C21H31NO/c1-5-20(23)21(17(2)16-22(3)4,18-12-8-6-9-13-18)19-14-10-7-11-15-19/h6,8-9,12-14,17H,5,7,10-11,15-16H2,1-4H3. The zero-order chi connectivity index (χ0) is 16.9. The first-order chi connectivity index (χ1) is 11.0. The average molecular weight is 313 g/mol. The fourth-order valence-corrected chi connectivity index (χ4v) is 4.26. The Bertz CT molecular complexity index is 546. The van der Waals surface area contributed by atoms with Crippen molar-refractivity contribution in [1.82, 2.24) is 4.90 Å². The molecule has 1 aromatic rings. The van der Waals surface area contributed by atoms with E-state index in [4.69, 9.17) is 0 Å². The molecule has 1 aliphatic carbocycles. The van der Waals surface area contributed by atoms with Gasteiger partial charge in [0.05, 0.1) is 5.41 Å².